The summed E-state index contributed by atoms with van der Waals surface area (Å²) < 4.78 is 10.9. The van der Waals surface area contributed by atoms with Gasteiger partial charge in [0.05, 0.1) is 17.7 Å². The van der Waals surface area contributed by atoms with E-state index in [1.165, 1.54) is 26.2 Å². The molecule has 1 fully saturated rings. The molecule has 1 aliphatic rings. The number of ether oxygens (including phenoxy) is 2. The molecular weight excluding hydrogens is 488 g/mol. The van der Waals surface area contributed by atoms with Gasteiger partial charge < -0.3 is 14.8 Å². The van der Waals surface area contributed by atoms with Gasteiger partial charge in [-0.05, 0) is 63.6 Å². The molecule has 10 heteroatoms. The van der Waals surface area contributed by atoms with E-state index >= 15 is 0 Å². The highest BCUT2D eigenvalue weighted by molar-refractivity contribution is 9.10. The van der Waals surface area contributed by atoms with E-state index in [2.05, 4.69) is 21.2 Å². The number of hydrogen-bond acceptors (Lipinski definition) is 7. The summed E-state index contributed by atoms with van der Waals surface area (Å²) in [6.07, 6.45) is 1.51. The van der Waals surface area contributed by atoms with Gasteiger partial charge in [-0.15, -0.1) is 0 Å². The Hall–Kier alpha value is -3.11. The molecule has 160 valence electrons. The number of thioether (sulfide) groups is 1. The van der Waals surface area contributed by atoms with Crippen molar-refractivity contribution in [2.45, 2.75) is 6.92 Å². The van der Waals surface area contributed by atoms with E-state index in [9.17, 15) is 19.2 Å². The normalized spacial score (nSPS) is 14.7. The van der Waals surface area contributed by atoms with Gasteiger partial charge in [0.2, 0.25) is 5.91 Å². The molecule has 0 aliphatic carbocycles. The van der Waals surface area contributed by atoms with Crippen molar-refractivity contribution in [3.05, 3.63) is 57.4 Å². The number of esters is 1. The lowest BCUT2D eigenvalue weighted by Crippen LogP contribution is -2.36. The molecule has 1 heterocycles. The van der Waals surface area contributed by atoms with Gasteiger partial charge in [0.25, 0.3) is 11.1 Å². The van der Waals surface area contributed by atoms with Gasteiger partial charge >= 0.3 is 5.97 Å². The predicted molar refractivity (Wildman–Crippen MR) is 120 cm³/mol. The summed E-state index contributed by atoms with van der Waals surface area (Å²) in [7, 11) is 1.42. The Morgan fingerprint density at radius 2 is 1.90 bits per heavy atom. The van der Waals surface area contributed by atoms with Crippen LogP contribution in [0.3, 0.4) is 0 Å². The molecule has 0 radical (unpaired) electrons. The van der Waals surface area contributed by atoms with Gasteiger partial charge in [0.1, 0.15) is 6.54 Å². The molecule has 8 nitrogen and oxygen atoms in total. The maximum absolute atomic E-state index is 12.7. The Kier molecular flexibility index (Phi) is 7.13. The van der Waals surface area contributed by atoms with E-state index in [0.717, 1.165) is 16.7 Å². The lowest BCUT2D eigenvalue weighted by atomic mass is 10.2. The van der Waals surface area contributed by atoms with Crippen LogP contribution in [0.25, 0.3) is 6.08 Å². The quantitative estimate of drug-likeness (QED) is 0.359. The first-order valence-electron chi connectivity index (χ1n) is 8.94. The molecule has 1 N–H and O–H groups in total. The molecule has 1 saturated heterocycles. The Balaban J connectivity index is 1.73. The molecule has 0 bridgehead atoms. The summed E-state index contributed by atoms with van der Waals surface area (Å²) in [5.41, 5.74) is 1.10. The smallest absolute Gasteiger partial charge is 0.308 e. The average molecular weight is 505 g/mol. The van der Waals surface area contributed by atoms with Crippen LogP contribution in [0.2, 0.25) is 0 Å². The van der Waals surface area contributed by atoms with Crippen molar-refractivity contribution in [2.75, 3.05) is 19.0 Å². The lowest BCUT2D eigenvalue weighted by molar-refractivity contribution is -0.132. The summed E-state index contributed by atoms with van der Waals surface area (Å²) >= 11 is 4.06. The second-order valence-electron chi connectivity index (χ2n) is 6.30. The predicted octanol–water partition coefficient (Wildman–Crippen LogP) is 4.06. The second-order valence-corrected chi connectivity index (χ2v) is 8.15. The molecule has 3 rings (SSSR count). The molecule has 0 unspecified atom stereocenters. The Morgan fingerprint density at radius 3 is 2.58 bits per heavy atom. The van der Waals surface area contributed by atoms with Crippen molar-refractivity contribution in [3.63, 3.8) is 0 Å². The number of hydrogen-bond donors (Lipinski definition) is 1. The number of methoxy groups -OCH3 is 1. The fourth-order valence-corrected chi connectivity index (χ4v) is 3.92. The van der Waals surface area contributed by atoms with Crippen LogP contribution in [-0.4, -0.2) is 41.6 Å². The third-order valence-electron chi connectivity index (χ3n) is 4.06. The Labute approximate surface area is 190 Å². The van der Waals surface area contributed by atoms with Gasteiger partial charge in [0.15, 0.2) is 11.5 Å². The number of carbonyl (C=O) groups is 4. The molecule has 1 aliphatic heterocycles. The van der Waals surface area contributed by atoms with Crippen molar-refractivity contribution in [3.8, 4) is 11.5 Å². The van der Waals surface area contributed by atoms with Gasteiger partial charge in [-0.25, -0.2) is 0 Å². The monoisotopic (exact) mass is 504 g/mol. The third kappa shape index (κ3) is 5.53. The molecule has 2 aromatic carbocycles. The first-order valence-corrected chi connectivity index (χ1v) is 10.6. The van der Waals surface area contributed by atoms with Crippen molar-refractivity contribution in [2.24, 2.45) is 0 Å². The van der Waals surface area contributed by atoms with E-state index in [4.69, 9.17) is 9.47 Å². The van der Waals surface area contributed by atoms with Crippen LogP contribution < -0.4 is 14.8 Å². The largest absolute Gasteiger partial charge is 0.493 e. The SMILES string of the molecule is COc1cc(/C=C2\SC(=O)N(CC(=O)Nc3ccccc3Br)C2=O)ccc1OC(C)=O. The lowest BCUT2D eigenvalue weighted by Gasteiger charge is -2.13. The van der Waals surface area contributed by atoms with Crippen molar-refractivity contribution < 1.29 is 28.7 Å². The van der Waals surface area contributed by atoms with Crippen molar-refractivity contribution >= 4 is 62.5 Å². The number of benzene rings is 2. The number of carbonyl (C=O) groups excluding carboxylic acids is 4. The van der Waals surface area contributed by atoms with E-state index in [1.54, 1.807) is 36.4 Å². The Morgan fingerprint density at radius 1 is 1.16 bits per heavy atom. The number of para-hydroxylation sites is 1. The van der Waals surface area contributed by atoms with Crippen LogP contribution in [0.5, 0.6) is 11.5 Å². The van der Waals surface area contributed by atoms with Gasteiger partial charge in [-0.3, -0.25) is 24.1 Å². The van der Waals surface area contributed by atoms with Crippen LogP contribution in [0.15, 0.2) is 51.8 Å². The number of imide groups is 1. The number of nitrogens with zero attached hydrogens (tertiary/aromatic N) is 1. The summed E-state index contributed by atoms with van der Waals surface area (Å²) in [6, 6.07) is 11.7. The van der Waals surface area contributed by atoms with Gasteiger partial charge in [-0.2, -0.15) is 0 Å². The molecule has 0 atom stereocenters. The maximum Gasteiger partial charge on any atom is 0.308 e. The van der Waals surface area contributed by atoms with Crippen LogP contribution in [0.1, 0.15) is 12.5 Å². The fourth-order valence-electron chi connectivity index (χ4n) is 2.70. The minimum absolute atomic E-state index is 0.168. The second kappa shape index (κ2) is 9.80. The highest BCUT2D eigenvalue weighted by Gasteiger charge is 2.36. The van der Waals surface area contributed by atoms with E-state index in [1.807, 2.05) is 0 Å². The zero-order valence-electron chi connectivity index (χ0n) is 16.5. The van der Waals surface area contributed by atoms with E-state index in [-0.39, 0.29) is 10.7 Å². The van der Waals surface area contributed by atoms with Crippen LogP contribution >= 0.6 is 27.7 Å². The highest BCUT2D eigenvalue weighted by atomic mass is 79.9. The molecular formula is C21H17BrN2O6S. The Bertz CT molecular complexity index is 1100. The third-order valence-corrected chi connectivity index (χ3v) is 5.66. The minimum atomic E-state index is -0.569. The number of anilines is 1. The van der Waals surface area contributed by atoms with Gasteiger partial charge in [0, 0.05) is 11.4 Å². The minimum Gasteiger partial charge on any atom is -0.493 e. The van der Waals surface area contributed by atoms with Crippen molar-refractivity contribution in [1.29, 1.82) is 0 Å². The maximum atomic E-state index is 12.7. The van der Waals surface area contributed by atoms with Crippen LogP contribution in [-0.2, 0) is 14.4 Å². The molecule has 0 spiro atoms. The van der Waals surface area contributed by atoms with E-state index in [0.29, 0.717) is 21.5 Å². The van der Waals surface area contributed by atoms with E-state index < -0.39 is 29.6 Å². The molecule has 31 heavy (non-hydrogen) atoms. The fraction of sp³-hybridized carbons (Fsp3) is 0.143. The standard InChI is InChI=1S/C21H17BrN2O6S/c1-12(25)30-16-8-7-13(9-17(16)29-2)10-18-20(27)24(21(28)31-18)11-19(26)23-15-6-4-3-5-14(15)22/h3-10H,11H2,1-2H3,(H,23,26)/b18-10-. The summed E-state index contributed by atoms with van der Waals surface area (Å²) in [4.78, 5) is 49.5. The topological polar surface area (TPSA) is 102 Å². The number of amides is 3. The van der Waals surface area contributed by atoms with Gasteiger partial charge in [-0.1, -0.05) is 18.2 Å². The zero-order valence-corrected chi connectivity index (χ0v) is 18.9. The molecule has 0 saturated carbocycles. The van der Waals surface area contributed by atoms with Crippen LogP contribution in [0, 0.1) is 0 Å². The summed E-state index contributed by atoms with van der Waals surface area (Å²) in [6.45, 7) is 0.869. The van der Waals surface area contributed by atoms with Crippen molar-refractivity contribution in [1.82, 2.24) is 4.90 Å². The highest BCUT2D eigenvalue weighted by Crippen LogP contribution is 2.34. The molecule has 2 aromatic rings. The first kappa shape index (κ1) is 22.6. The number of nitrogens with one attached hydrogen (secondary N) is 1. The molecule has 0 aromatic heterocycles. The summed E-state index contributed by atoms with van der Waals surface area (Å²) in [5.74, 6) is -1.02. The molecule has 3 amide bonds. The number of halogens is 1. The first-order chi connectivity index (χ1) is 14.8. The number of rotatable bonds is 6. The zero-order chi connectivity index (χ0) is 22.5. The average Bonchev–Trinajstić information content (AvgIpc) is 2.97. The van der Waals surface area contributed by atoms with Crippen LogP contribution in [0.4, 0.5) is 10.5 Å². The summed E-state index contributed by atoms with van der Waals surface area (Å²) in [5, 5.41) is 2.12.